The quantitative estimate of drug-likeness (QED) is 0.834. The average molecular weight is 404 g/mol. The number of carbonyl (C=O) groups is 1. The Labute approximate surface area is 157 Å². The fourth-order valence-electron chi connectivity index (χ4n) is 3.78. The van der Waals surface area contributed by atoms with Gasteiger partial charge in [0.25, 0.3) is 5.79 Å². The zero-order valence-corrected chi connectivity index (χ0v) is 16.7. The highest BCUT2D eigenvalue weighted by atomic mass is 35.5. The number of halogens is 1. The lowest BCUT2D eigenvalue weighted by atomic mass is 9.90. The Morgan fingerprint density at radius 1 is 1.19 bits per heavy atom. The largest absolute Gasteiger partial charge is 0.478 e. The summed E-state index contributed by atoms with van der Waals surface area (Å²) in [5.41, 5.74) is 1.04. The zero-order valence-electron chi connectivity index (χ0n) is 15.1. The third-order valence-corrected chi connectivity index (χ3v) is 7.07. The van der Waals surface area contributed by atoms with Gasteiger partial charge < -0.3 is 14.6 Å². The maximum absolute atomic E-state index is 11.7. The van der Waals surface area contributed by atoms with Gasteiger partial charge in [0.1, 0.15) is 0 Å². The molecule has 0 spiro atoms. The molecule has 0 aliphatic carbocycles. The van der Waals surface area contributed by atoms with Crippen LogP contribution in [0.4, 0.5) is 0 Å². The molecule has 0 amide bonds. The predicted octanol–water partition coefficient (Wildman–Crippen LogP) is 2.81. The van der Waals surface area contributed by atoms with Crippen molar-refractivity contribution >= 4 is 27.6 Å². The lowest BCUT2D eigenvalue weighted by Gasteiger charge is -2.37. The van der Waals surface area contributed by atoms with Gasteiger partial charge in [0, 0.05) is 31.5 Å². The maximum Gasteiger partial charge on any atom is 0.336 e. The summed E-state index contributed by atoms with van der Waals surface area (Å²) in [5, 5.41) is 9.71. The molecule has 2 aliphatic heterocycles. The van der Waals surface area contributed by atoms with Crippen LogP contribution in [0.3, 0.4) is 0 Å². The Bertz CT molecular complexity index is 876. The van der Waals surface area contributed by atoms with Crippen LogP contribution in [-0.4, -0.2) is 48.9 Å². The summed E-state index contributed by atoms with van der Waals surface area (Å²) < 4.78 is 37.0. The number of ether oxygens (including phenoxy) is 2. The van der Waals surface area contributed by atoms with Crippen molar-refractivity contribution in [2.24, 2.45) is 5.92 Å². The van der Waals surface area contributed by atoms with E-state index in [0.717, 1.165) is 0 Å². The molecule has 0 radical (unpaired) electrons. The van der Waals surface area contributed by atoms with Crippen LogP contribution in [0.5, 0.6) is 11.5 Å². The molecule has 7 nitrogen and oxygen atoms in total. The first-order valence-corrected chi connectivity index (χ1v) is 10.6. The summed E-state index contributed by atoms with van der Waals surface area (Å²) in [6.07, 6.45) is 2.37. The van der Waals surface area contributed by atoms with Gasteiger partial charge in [0.15, 0.2) is 11.5 Å². The highest BCUT2D eigenvalue weighted by molar-refractivity contribution is 7.88. The van der Waals surface area contributed by atoms with Crippen molar-refractivity contribution < 1.29 is 27.8 Å². The fourth-order valence-corrected chi connectivity index (χ4v) is 4.88. The average Bonchev–Trinajstić information content (AvgIpc) is 2.92. The highest BCUT2D eigenvalue weighted by Crippen LogP contribution is 2.52. The van der Waals surface area contributed by atoms with E-state index < -0.39 is 21.8 Å². The van der Waals surface area contributed by atoms with Gasteiger partial charge >= 0.3 is 5.97 Å². The topological polar surface area (TPSA) is 93.1 Å². The number of aromatic carboxylic acids is 1. The lowest BCUT2D eigenvalue weighted by molar-refractivity contribution is -0.121. The number of fused-ring (bicyclic) bond motifs is 1. The number of rotatable bonds is 3. The SMILES string of the molecule is Cc1c(Cl)c2c(c(C)c1C(=O)O)OC(C)(C1CCN(S(C)(=O)=O)CC1)O2. The van der Waals surface area contributed by atoms with Gasteiger partial charge in [-0.05, 0) is 32.3 Å². The second-order valence-electron chi connectivity index (χ2n) is 7.06. The lowest BCUT2D eigenvalue weighted by Crippen LogP contribution is -2.49. The molecule has 0 saturated carbocycles. The third-order valence-electron chi connectivity index (χ3n) is 5.31. The fraction of sp³-hybridized carbons (Fsp3) is 0.588. The first-order valence-electron chi connectivity index (χ1n) is 8.34. The smallest absolute Gasteiger partial charge is 0.336 e. The third kappa shape index (κ3) is 3.04. The molecular formula is C17H22ClNO6S. The Kier molecular flexibility index (Phi) is 4.65. The number of benzene rings is 1. The monoisotopic (exact) mass is 403 g/mol. The van der Waals surface area contributed by atoms with Crippen molar-refractivity contribution in [2.45, 2.75) is 39.4 Å². The van der Waals surface area contributed by atoms with Crippen LogP contribution in [0.2, 0.25) is 5.02 Å². The van der Waals surface area contributed by atoms with Crippen LogP contribution in [0.15, 0.2) is 0 Å². The molecule has 0 bridgehead atoms. The van der Waals surface area contributed by atoms with Gasteiger partial charge in [-0.2, -0.15) is 0 Å². The number of hydrogen-bond donors (Lipinski definition) is 1. The zero-order chi connectivity index (χ0) is 19.4. The Morgan fingerprint density at radius 2 is 1.73 bits per heavy atom. The molecule has 3 rings (SSSR count). The number of nitrogens with zero attached hydrogens (tertiary/aromatic N) is 1. The molecule has 9 heteroatoms. The van der Waals surface area contributed by atoms with E-state index in [-0.39, 0.29) is 16.5 Å². The summed E-state index contributed by atoms with van der Waals surface area (Å²) in [4.78, 5) is 11.6. The van der Waals surface area contributed by atoms with Gasteiger partial charge in [-0.15, -0.1) is 0 Å². The van der Waals surface area contributed by atoms with Crippen LogP contribution in [0.25, 0.3) is 0 Å². The number of carboxylic acid groups (broad SMARTS) is 1. The van der Waals surface area contributed by atoms with Crippen molar-refractivity contribution in [3.05, 3.63) is 21.7 Å². The minimum Gasteiger partial charge on any atom is -0.478 e. The van der Waals surface area contributed by atoms with E-state index in [4.69, 9.17) is 21.1 Å². The van der Waals surface area contributed by atoms with E-state index in [9.17, 15) is 18.3 Å². The first-order chi connectivity index (χ1) is 12.0. The van der Waals surface area contributed by atoms with E-state index in [2.05, 4.69) is 0 Å². The molecule has 1 fully saturated rings. The van der Waals surface area contributed by atoms with E-state index in [0.29, 0.717) is 48.6 Å². The summed E-state index contributed by atoms with van der Waals surface area (Å²) in [6.45, 7) is 5.90. The standard InChI is InChI=1S/C17H22ClNO6S/c1-9-12(16(20)21)10(2)14-15(13(9)18)25-17(3,24-14)11-5-7-19(8-6-11)26(4,22)23/h11H,5-8H2,1-4H3,(H,20,21). The minimum atomic E-state index is -3.22. The van der Waals surface area contributed by atoms with Crippen molar-refractivity contribution in [3.63, 3.8) is 0 Å². The van der Waals surface area contributed by atoms with E-state index in [1.165, 1.54) is 10.6 Å². The molecule has 26 heavy (non-hydrogen) atoms. The van der Waals surface area contributed by atoms with E-state index in [1.807, 2.05) is 0 Å². The maximum atomic E-state index is 11.7. The summed E-state index contributed by atoms with van der Waals surface area (Å²) in [6, 6.07) is 0. The molecule has 1 atom stereocenters. The van der Waals surface area contributed by atoms with Gasteiger partial charge in [-0.3, -0.25) is 0 Å². The second kappa shape index (κ2) is 6.28. The van der Waals surface area contributed by atoms with E-state index in [1.54, 1.807) is 20.8 Å². The highest BCUT2D eigenvalue weighted by Gasteiger charge is 2.48. The Balaban J connectivity index is 1.90. The molecular weight excluding hydrogens is 382 g/mol. The molecule has 2 aliphatic rings. The molecule has 144 valence electrons. The number of sulfonamides is 1. The summed E-state index contributed by atoms with van der Waals surface area (Å²) in [5.74, 6) is -1.41. The minimum absolute atomic E-state index is 0.0445. The molecule has 0 aromatic heterocycles. The van der Waals surface area contributed by atoms with Crippen LogP contribution >= 0.6 is 11.6 Å². The first kappa shape index (κ1) is 19.3. The molecule has 2 heterocycles. The van der Waals surface area contributed by atoms with Crippen molar-refractivity contribution in [3.8, 4) is 11.5 Å². The van der Waals surface area contributed by atoms with Crippen molar-refractivity contribution in [1.29, 1.82) is 0 Å². The Morgan fingerprint density at radius 3 is 2.23 bits per heavy atom. The van der Waals surface area contributed by atoms with Gasteiger partial charge in [0.05, 0.1) is 16.8 Å². The molecule has 1 aromatic rings. The molecule has 1 saturated heterocycles. The van der Waals surface area contributed by atoms with Crippen molar-refractivity contribution in [2.75, 3.05) is 19.3 Å². The van der Waals surface area contributed by atoms with Gasteiger partial charge in [0.2, 0.25) is 10.0 Å². The number of hydrogen-bond acceptors (Lipinski definition) is 5. The molecule has 1 N–H and O–H groups in total. The predicted molar refractivity (Wildman–Crippen MR) is 96.7 cm³/mol. The number of carboxylic acids is 1. The van der Waals surface area contributed by atoms with Crippen LogP contribution in [-0.2, 0) is 10.0 Å². The molecule has 1 aromatic carbocycles. The Hall–Kier alpha value is -1.51. The second-order valence-corrected chi connectivity index (χ2v) is 9.42. The van der Waals surface area contributed by atoms with Crippen LogP contribution < -0.4 is 9.47 Å². The van der Waals surface area contributed by atoms with Crippen LogP contribution in [0.1, 0.15) is 41.3 Å². The van der Waals surface area contributed by atoms with Crippen LogP contribution in [0, 0.1) is 19.8 Å². The van der Waals surface area contributed by atoms with Gasteiger partial charge in [-0.25, -0.2) is 17.5 Å². The van der Waals surface area contributed by atoms with Crippen molar-refractivity contribution in [1.82, 2.24) is 4.31 Å². The molecule has 1 unspecified atom stereocenters. The van der Waals surface area contributed by atoms with Gasteiger partial charge in [-0.1, -0.05) is 11.6 Å². The normalized spacial score (nSPS) is 24.0. The number of piperidine rings is 1. The summed E-state index contributed by atoms with van der Waals surface area (Å²) >= 11 is 6.35. The van der Waals surface area contributed by atoms with E-state index >= 15 is 0 Å². The summed E-state index contributed by atoms with van der Waals surface area (Å²) in [7, 11) is -3.22.